The van der Waals surface area contributed by atoms with Gasteiger partial charge in [-0.3, -0.25) is 14.3 Å². The van der Waals surface area contributed by atoms with Gasteiger partial charge in [0, 0.05) is 56.0 Å². The SMILES string of the molecule is CCc1cc(Nc2ncc(Br)c(Nc3ccc4nccnc4c3N(CC)S(C)(=O)=O)n2)c(OC)cc1N1CCC(N(C)C)CC1. The maximum absolute atomic E-state index is 12.8. The third-order valence-corrected chi connectivity index (χ3v) is 9.93. The van der Waals surface area contributed by atoms with Crippen molar-refractivity contribution < 1.29 is 13.2 Å². The highest BCUT2D eigenvalue weighted by Gasteiger charge is 2.25. The Morgan fingerprint density at radius 1 is 1.04 bits per heavy atom. The molecule has 1 saturated heterocycles. The number of benzene rings is 2. The average molecular weight is 699 g/mol. The summed E-state index contributed by atoms with van der Waals surface area (Å²) in [6, 6.07) is 8.37. The van der Waals surface area contributed by atoms with Gasteiger partial charge in [-0.1, -0.05) is 6.92 Å². The first-order valence-electron chi connectivity index (χ1n) is 14.9. The Hall–Kier alpha value is -3.75. The molecule has 1 fully saturated rings. The van der Waals surface area contributed by atoms with E-state index < -0.39 is 10.0 Å². The van der Waals surface area contributed by atoms with E-state index in [1.807, 2.05) is 0 Å². The normalized spacial score (nSPS) is 14.2. The van der Waals surface area contributed by atoms with Crippen molar-refractivity contribution >= 4 is 71.5 Å². The molecule has 3 heterocycles. The summed E-state index contributed by atoms with van der Waals surface area (Å²) in [6.45, 7) is 6.13. The van der Waals surface area contributed by atoms with Gasteiger partial charge >= 0.3 is 0 Å². The van der Waals surface area contributed by atoms with Gasteiger partial charge in [0.05, 0.1) is 34.7 Å². The van der Waals surface area contributed by atoms with Crippen LogP contribution >= 0.6 is 15.9 Å². The number of hydrogen-bond donors (Lipinski definition) is 2. The third-order valence-electron chi connectivity index (χ3n) is 8.11. The van der Waals surface area contributed by atoms with Crippen LogP contribution in [0, 0.1) is 0 Å². The Bertz CT molecular complexity index is 1780. The molecule has 2 aromatic heterocycles. The lowest BCUT2D eigenvalue weighted by Gasteiger charge is -2.37. The minimum atomic E-state index is -3.62. The average Bonchev–Trinajstić information content (AvgIpc) is 3.03. The predicted molar refractivity (Wildman–Crippen MR) is 185 cm³/mol. The number of aromatic nitrogens is 4. The van der Waals surface area contributed by atoms with E-state index in [9.17, 15) is 8.42 Å². The molecule has 45 heavy (non-hydrogen) atoms. The molecule has 1 aliphatic heterocycles. The molecule has 240 valence electrons. The van der Waals surface area contributed by atoms with Crippen molar-refractivity contribution in [3.63, 3.8) is 0 Å². The van der Waals surface area contributed by atoms with E-state index in [-0.39, 0.29) is 6.54 Å². The largest absolute Gasteiger partial charge is 0.494 e. The van der Waals surface area contributed by atoms with E-state index in [4.69, 9.17) is 9.72 Å². The summed E-state index contributed by atoms with van der Waals surface area (Å²) in [5, 5.41) is 6.65. The number of methoxy groups -OCH3 is 1. The lowest BCUT2D eigenvalue weighted by atomic mass is 10.0. The van der Waals surface area contributed by atoms with Crippen molar-refractivity contribution in [3.05, 3.63) is 52.9 Å². The zero-order chi connectivity index (χ0) is 32.3. The first-order valence-corrected chi connectivity index (χ1v) is 17.6. The number of aryl methyl sites for hydroxylation is 1. The fourth-order valence-corrected chi connectivity index (χ4v) is 7.05. The topological polar surface area (TPSA) is 129 Å². The van der Waals surface area contributed by atoms with Crippen molar-refractivity contribution in [2.24, 2.45) is 0 Å². The molecule has 0 spiro atoms. The molecule has 2 aromatic carbocycles. The molecular formula is C31H40BrN9O3S. The molecule has 0 radical (unpaired) electrons. The minimum Gasteiger partial charge on any atom is -0.494 e. The van der Waals surface area contributed by atoms with E-state index in [1.54, 1.807) is 44.8 Å². The number of fused-ring (bicyclic) bond motifs is 1. The van der Waals surface area contributed by atoms with Gasteiger partial charge in [0.15, 0.2) is 0 Å². The highest BCUT2D eigenvalue weighted by molar-refractivity contribution is 9.10. The number of piperidine rings is 1. The molecule has 0 amide bonds. The molecule has 4 aromatic rings. The van der Waals surface area contributed by atoms with Gasteiger partial charge in [0.25, 0.3) is 0 Å². The molecule has 12 nitrogen and oxygen atoms in total. The van der Waals surface area contributed by atoms with Crippen LogP contribution < -0.4 is 24.6 Å². The van der Waals surface area contributed by atoms with Gasteiger partial charge in [-0.15, -0.1) is 0 Å². The van der Waals surface area contributed by atoms with Crippen LogP contribution in [0.15, 0.2) is 47.3 Å². The monoisotopic (exact) mass is 697 g/mol. The lowest BCUT2D eigenvalue weighted by Crippen LogP contribution is -2.42. The second-order valence-corrected chi connectivity index (χ2v) is 13.9. The number of hydrogen-bond acceptors (Lipinski definition) is 11. The van der Waals surface area contributed by atoms with Crippen LogP contribution in [0.5, 0.6) is 5.75 Å². The van der Waals surface area contributed by atoms with Crippen molar-refractivity contribution in [2.45, 2.75) is 39.2 Å². The molecule has 5 rings (SSSR count). The Balaban J connectivity index is 1.47. The molecule has 0 atom stereocenters. The summed E-state index contributed by atoms with van der Waals surface area (Å²) in [7, 11) is 2.35. The first kappa shape index (κ1) is 32.6. The van der Waals surface area contributed by atoms with E-state index in [1.165, 1.54) is 21.8 Å². The second-order valence-electron chi connectivity index (χ2n) is 11.2. The quantitative estimate of drug-likeness (QED) is 0.205. The van der Waals surface area contributed by atoms with Gasteiger partial charge < -0.3 is 25.2 Å². The highest BCUT2D eigenvalue weighted by Crippen LogP contribution is 2.39. The molecule has 0 saturated carbocycles. The molecule has 2 N–H and O–H groups in total. The van der Waals surface area contributed by atoms with Crippen LogP contribution in [0.3, 0.4) is 0 Å². The molecule has 0 aliphatic carbocycles. The van der Waals surface area contributed by atoms with Crippen LogP contribution in [-0.4, -0.2) is 86.4 Å². The van der Waals surface area contributed by atoms with Gasteiger partial charge in [-0.2, -0.15) is 4.98 Å². The smallest absolute Gasteiger partial charge is 0.232 e. The summed E-state index contributed by atoms with van der Waals surface area (Å²) in [6.07, 6.45) is 9.03. The van der Waals surface area contributed by atoms with Gasteiger partial charge in [0.1, 0.15) is 22.8 Å². The Kier molecular flexibility index (Phi) is 9.94. The number of halogens is 1. The molecule has 14 heteroatoms. The van der Waals surface area contributed by atoms with E-state index in [2.05, 4.69) is 84.5 Å². The number of rotatable bonds is 11. The van der Waals surface area contributed by atoms with Crippen LogP contribution in [0.1, 0.15) is 32.3 Å². The Morgan fingerprint density at radius 3 is 2.42 bits per heavy atom. The lowest BCUT2D eigenvalue weighted by molar-refractivity contribution is 0.249. The van der Waals surface area contributed by atoms with Crippen molar-refractivity contribution in [1.29, 1.82) is 0 Å². The summed E-state index contributed by atoms with van der Waals surface area (Å²) >= 11 is 3.55. The first-order chi connectivity index (χ1) is 21.5. The van der Waals surface area contributed by atoms with Crippen LogP contribution in [0.25, 0.3) is 11.0 Å². The van der Waals surface area contributed by atoms with Gasteiger partial charge in [-0.25, -0.2) is 13.4 Å². The number of ether oxygens (including phenoxy) is 1. The maximum atomic E-state index is 12.8. The van der Waals surface area contributed by atoms with Gasteiger partial charge in [-0.05, 0) is 80.0 Å². The molecular weight excluding hydrogens is 658 g/mol. The Morgan fingerprint density at radius 2 is 1.78 bits per heavy atom. The van der Waals surface area contributed by atoms with E-state index in [0.717, 1.165) is 38.0 Å². The molecule has 0 bridgehead atoms. The van der Waals surface area contributed by atoms with Gasteiger partial charge in [0.2, 0.25) is 16.0 Å². The minimum absolute atomic E-state index is 0.212. The highest BCUT2D eigenvalue weighted by atomic mass is 79.9. The fraction of sp³-hybridized carbons (Fsp3) is 0.419. The summed E-state index contributed by atoms with van der Waals surface area (Å²) < 4.78 is 33.3. The standard InChI is InChI=1S/C31H40BrN9O3S/c1-7-20-17-25(27(44-5)18-26(20)40-15-11-21(12-16-40)39(3)4)37-31-35-19-22(32)30(38-31)36-24-10-9-23-28(34-14-13-33-23)29(24)41(8-2)45(6,42)43/h9-10,13-14,17-19,21H,7-8,11-12,15-16H2,1-6H3,(H2,35,36,37,38). The Labute approximate surface area is 273 Å². The van der Waals surface area contributed by atoms with Crippen molar-refractivity contribution in [1.82, 2.24) is 24.8 Å². The summed E-state index contributed by atoms with van der Waals surface area (Å²) in [4.78, 5) is 22.8. The van der Waals surface area contributed by atoms with Crippen LogP contribution in [0.2, 0.25) is 0 Å². The van der Waals surface area contributed by atoms with E-state index in [0.29, 0.717) is 50.4 Å². The fourth-order valence-electron chi connectivity index (χ4n) is 5.78. The van der Waals surface area contributed by atoms with Crippen molar-refractivity contribution in [2.75, 3.05) is 66.9 Å². The second kappa shape index (κ2) is 13.7. The van der Waals surface area contributed by atoms with Crippen LogP contribution in [-0.2, 0) is 16.4 Å². The van der Waals surface area contributed by atoms with E-state index >= 15 is 0 Å². The number of nitrogens with one attached hydrogen (secondary N) is 2. The number of anilines is 6. The predicted octanol–water partition coefficient (Wildman–Crippen LogP) is 5.56. The summed E-state index contributed by atoms with van der Waals surface area (Å²) in [5.74, 6) is 1.48. The third kappa shape index (κ3) is 7.07. The van der Waals surface area contributed by atoms with Crippen LogP contribution in [0.4, 0.5) is 34.5 Å². The summed E-state index contributed by atoms with van der Waals surface area (Å²) in [5.41, 5.74) is 5.09. The number of sulfonamides is 1. The zero-order valence-electron chi connectivity index (χ0n) is 26.5. The van der Waals surface area contributed by atoms with Crippen molar-refractivity contribution in [3.8, 4) is 5.75 Å². The molecule has 0 unspecified atom stereocenters. The zero-order valence-corrected chi connectivity index (χ0v) is 28.9. The number of nitrogens with zero attached hydrogens (tertiary/aromatic N) is 7. The maximum Gasteiger partial charge on any atom is 0.232 e. The molecule has 1 aliphatic rings.